The number of imidazole rings is 1. The molecule has 11 heteroatoms. The van der Waals surface area contributed by atoms with Crippen LogP contribution in [-0.4, -0.2) is 42.9 Å². The Morgan fingerprint density at radius 1 is 1.24 bits per heavy atom. The molecule has 9 nitrogen and oxygen atoms in total. The zero-order valence-corrected chi connectivity index (χ0v) is 24.3. The average Bonchev–Trinajstić information content (AvgIpc) is 3.42. The number of benzene rings is 1. The van der Waals surface area contributed by atoms with Gasteiger partial charge >= 0.3 is 39.2 Å². The number of amides is 1. The van der Waals surface area contributed by atoms with Crippen molar-refractivity contribution in [2.24, 2.45) is 11.3 Å². The quantitative estimate of drug-likeness (QED) is 0.307. The van der Waals surface area contributed by atoms with Gasteiger partial charge in [0.05, 0.1) is 53.6 Å². The molecule has 200 valence electrons. The molecule has 1 saturated carbocycles. The van der Waals surface area contributed by atoms with E-state index in [2.05, 4.69) is 52.2 Å². The van der Waals surface area contributed by atoms with Gasteiger partial charge in [0, 0.05) is 6.54 Å². The molecule has 1 N–H and O–H groups in total. The van der Waals surface area contributed by atoms with Crippen molar-refractivity contribution in [2.45, 2.75) is 64.7 Å². The summed E-state index contributed by atoms with van der Waals surface area (Å²) < 4.78 is 8.13. The first-order valence-corrected chi connectivity index (χ1v) is 15.1. The fourth-order valence-corrected chi connectivity index (χ4v) is 5.22. The van der Waals surface area contributed by atoms with Crippen molar-refractivity contribution < 1.29 is 27.4 Å². The Hall–Kier alpha value is -2.26. The second kappa shape index (κ2) is 10.5. The summed E-state index contributed by atoms with van der Waals surface area (Å²) >= 11 is 5.87. The molecule has 1 spiro atoms. The van der Waals surface area contributed by atoms with Gasteiger partial charge in [0.1, 0.15) is 11.2 Å². The predicted octanol–water partition coefficient (Wildman–Crippen LogP) is 5.03. The number of fused-ring (bicyclic) bond motifs is 1. The van der Waals surface area contributed by atoms with Crippen LogP contribution in [0.4, 0.5) is 10.6 Å². The van der Waals surface area contributed by atoms with Crippen LogP contribution in [0.15, 0.2) is 36.9 Å². The Morgan fingerprint density at radius 3 is 2.65 bits per heavy atom. The van der Waals surface area contributed by atoms with Gasteiger partial charge in [-0.3, -0.25) is 9.88 Å². The van der Waals surface area contributed by atoms with E-state index in [1.54, 1.807) is 45.2 Å². The molecule has 5 rings (SSSR count). The van der Waals surface area contributed by atoms with E-state index in [1.807, 2.05) is 18.5 Å². The zero-order valence-electron chi connectivity index (χ0n) is 21.2. The SMILES string of the molecule is CC(C)(O)c1cnc(N2C[C@@]3(CCC(C)(C)[C@H](Cn4cnc5ccc(C#N)cc54)C3)OC2=O)cn1.[Cu][I]. The number of carbonyl (C=O) groups excluding carboxylic acids is 1. The number of aromatic nitrogens is 4. The molecule has 1 aromatic carbocycles. The number of carbonyl (C=O) groups is 1. The third-order valence-corrected chi connectivity index (χ3v) is 7.63. The van der Waals surface area contributed by atoms with E-state index in [9.17, 15) is 15.2 Å². The van der Waals surface area contributed by atoms with Crippen molar-refractivity contribution in [3.05, 3.63) is 48.2 Å². The van der Waals surface area contributed by atoms with Crippen molar-refractivity contribution in [2.75, 3.05) is 11.4 Å². The molecule has 0 radical (unpaired) electrons. The van der Waals surface area contributed by atoms with Crippen LogP contribution in [0, 0.1) is 22.7 Å². The average molecular weight is 665 g/mol. The third-order valence-electron chi connectivity index (χ3n) is 7.63. The number of anilines is 1. The molecule has 1 aliphatic carbocycles. The van der Waals surface area contributed by atoms with Crippen LogP contribution < -0.4 is 4.90 Å². The standard InChI is InChI=1S/C26H30N6O3.Cu.HI/c1-24(2)7-8-26(10-18(24)14-31-16-30-19-6-5-17(11-27)9-20(19)31)15-32(23(33)35-26)22-13-28-21(12-29-22)25(3,4)34;;/h5-6,9,12-13,16,18,34H,7-8,10,14-15H2,1-4H3;;1H/q;+1;/p-1/t18-,26-;;/m0../s1. The summed E-state index contributed by atoms with van der Waals surface area (Å²) in [6.45, 7) is 8.95. The number of rotatable bonds is 4. The Bertz CT molecular complexity index is 1330. The van der Waals surface area contributed by atoms with Gasteiger partial charge in [-0.15, -0.1) is 0 Å². The number of hydrogen-bond acceptors (Lipinski definition) is 7. The molecule has 37 heavy (non-hydrogen) atoms. The van der Waals surface area contributed by atoms with Crippen molar-refractivity contribution in [1.29, 1.82) is 5.26 Å². The molecule has 2 atom stereocenters. The number of nitriles is 1. The molecular weight excluding hydrogens is 635 g/mol. The molecule has 2 aromatic heterocycles. The first-order valence-electron chi connectivity index (χ1n) is 12.0. The van der Waals surface area contributed by atoms with Crippen molar-refractivity contribution in [1.82, 2.24) is 19.5 Å². The predicted molar refractivity (Wildman–Crippen MR) is 143 cm³/mol. The normalized spacial score (nSPS) is 22.9. The first-order chi connectivity index (χ1) is 17.5. The Kier molecular flexibility index (Phi) is 7.87. The summed E-state index contributed by atoms with van der Waals surface area (Å²) in [5.74, 6) is 0.654. The Morgan fingerprint density at radius 2 is 2.00 bits per heavy atom. The first kappa shape index (κ1) is 27.8. The van der Waals surface area contributed by atoms with Gasteiger partial charge in [-0.1, -0.05) is 13.8 Å². The minimum atomic E-state index is -1.11. The van der Waals surface area contributed by atoms with Crippen LogP contribution in [0.25, 0.3) is 11.0 Å². The van der Waals surface area contributed by atoms with Gasteiger partial charge < -0.3 is 14.4 Å². The van der Waals surface area contributed by atoms with Gasteiger partial charge in [0.15, 0.2) is 5.82 Å². The van der Waals surface area contributed by atoms with E-state index >= 15 is 0 Å². The summed E-state index contributed by atoms with van der Waals surface area (Å²) in [5, 5.41) is 19.5. The molecule has 0 bridgehead atoms. The van der Waals surface area contributed by atoms with Gasteiger partial charge in [0.2, 0.25) is 0 Å². The van der Waals surface area contributed by atoms with E-state index < -0.39 is 17.3 Å². The number of nitrogens with zero attached hydrogens (tertiary/aromatic N) is 6. The maximum atomic E-state index is 12.9. The van der Waals surface area contributed by atoms with Crippen LogP contribution in [-0.2, 0) is 29.6 Å². The van der Waals surface area contributed by atoms with E-state index in [0.29, 0.717) is 23.6 Å². The molecule has 0 unspecified atom stereocenters. The van der Waals surface area contributed by atoms with Gasteiger partial charge in [-0.2, -0.15) is 5.26 Å². The zero-order chi connectivity index (χ0) is 27.0. The summed E-state index contributed by atoms with van der Waals surface area (Å²) in [5.41, 5.74) is 1.19. The monoisotopic (exact) mass is 664 g/mol. The molecular formula is C26H30CuIN6O3. The van der Waals surface area contributed by atoms with Crippen molar-refractivity contribution in [3.8, 4) is 6.07 Å². The van der Waals surface area contributed by atoms with Gasteiger partial charge in [0.25, 0.3) is 0 Å². The number of aliphatic hydroxyl groups is 1. The van der Waals surface area contributed by atoms with Crippen molar-refractivity contribution >= 4 is 43.3 Å². The molecule has 3 aromatic rings. The molecule has 1 saturated heterocycles. The fraction of sp³-hybridized carbons (Fsp3) is 0.500. The number of ether oxygens (including phenoxy) is 1. The van der Waals surface area contributed by atoms with Gasteiger partial charge in [-0.25, -0.2) is 14.8 Å². The van der Waals surface area contributed by atoms with Crippen LogP contribution in [0.3, 0.4) is 0 Å². The molecule has 1 aliphatic heterocycles. The Balaban J connectivity index is 0.00000156. The third kappa shape index (κ3) is 5.62. The fourth-order valence-electron chi connectivity index (χ4n) is 5.22. The Labute approximate surface area is 236 Å². The van der Waals surface area contributed by atoms with Crippen LogP contribution in [0.5, 0.6) is 0 Å². The second-order valence-electron chi connectivity index (χ2n) is 11.1. The molecule has 2 fully saturated rings. The van der Waals surface area contributed by atoms with Crippen molar-refractivity contribution in [3.63, 3.8) is 0 Å². The van der Waals surface area contributed by atoms with Crippen LogP contribution in [0.1, 0.15) is 58.2 Å². The maximum absolute atomic E-state index is 12.9. The van der Waals surface area contributed by atoms with E-state index in [-0.39, 0.29) is 11.3 Å². The molecule has 1 amide bonds. The van der Waals surface area contributed by atoms with E-state index in [0.717, 1.165) is 36.8 Å². The summed E-state index contributed by atoms with van der Waals surface area (Å²) in [7, 11) is 0. The number of halogens is 1. The summed E-state index contributed by atoms with van der Waals surface area (Å²) in [4.78, 5) is 27.6. The van der Waals surface area contributed by atoms with Crippen LogP contribution in [0.2, 0.25) is 0 Å². The topological polar surface area (TPSA) is 117 Å². The molecule has 2 aliphatic rings. The van der Waals surface area contributed by atoms with Crippen LogP contribution >= 0.6 is 20.3 Å². The summed E-state index contributed by atoms with van der Waals surface area (Å²) in [6, 6.07) is 7.73. The van der Waals surface area contributed by atoms with Gasteiger partial charge in [-0.05, 0) is 62.6 Å². The molecule has 3 heterocycles. The summed E-state index contributed by atoms with van der Waals surface area (Å²) in [6.07, 6.45) is 6.84. The second-order valence-corrected chi connectivity index (χ2v) is 11.1. The number of hydrogen-bond donors (Lipinski definition) is 1. The van der Waals surface area contributed by atoms with E-state index in [1.165, 1.54) is 12.4 Å². The van der Waals surface area contributed by atoms with E-state index in [4.69, 9.17) is 4.74 Å². The minimum absolute atomic E-state index is 0.0443.